The third kappa shape index (κ3) is 5.10. The van der Waals surface area contributed by atoms with Gasteiger partial charge in [-0.3, -0.25) is 4.99 Å². The van der Waals surface area contributed by atoms with Crippen molar-refractivity contribution in [3.05, 3.63) is 48.1 Å². The third-order valence-corrected chi connectivity index (χ3v) is 1.98. The molecule has 16 heavy (non-hydrogen) atoms. The molecule has 3 heteroatoms. The van der Waals surface area contributed by atoms with Gasteiger partial charge in [0.1, 0.15) is 0 Å². The van der Waals surface area contributed by atoms with Crippen molar-refractivity contribution >= 4 is 12.2 Å². The van der Waals surface area contributed by atoms with E-state index in [0.717, 1.165) is 17.6 Å². The van der Waals surface area contributed by atoms with Crippen LogP contribution in [0.4, 0.5) is 0 Å². The summed E-state index contributed by atoms with van der Waals surface area (Å²) < 4.78 is 0. The maximum atomic E-state index is 10.5. The van der Waals surface area contributed by atoms with E-state index in [1.165, 1.54) is 6.08 Å². The van der Waals surface area contributed by atoms with Crippen molar-refractivity contribution in [1.29, 1.82) is 0 Å². The number of rotatable bonds is 6. The molecule has 0 rings (SSSR count). The number of aliphatic imine (C=N–C) groups is 1. The maximum absolute atomic E-state index is 10.5. The molecule has 0 spiro atoms. The highest BCUT2D eigenvalue weighted by molar-refractivity contribution is 5.89. The van der Waals surface area contributed by atoms with E-state index in [4.69, 9.17) is 5.11 Å². The number of nitrogens with zero attached hydrogens (tertiary/aromatic N) is 1. The lowest BCUT2D eigenvalue weighted by Gasteiger charge is -2.02. The van der Waals surface area contributed by atoms with E-state index >= 15 is 0 Å². The molecular weight excluding hydrogens is 202 g/mol. The largest absolute Gasteiger partial charge is 0.478 e. The minimum absolute atomic E-state index is 0.0424. The standard InChI is InChI=1S/C13H17NO2/c1-5-12(8-9-14-4)10(2)6-7-11(3)13(15)16/h6-9H,2-3,5H2,1,4H3,(H,15,16)/b7-6-,12-8+,14-9?. The van der Waals surface area contributed by atoms with Crippen molar-refractivity contribution in [1.82, 2.24) is 0 Å². The fourth-order valence-corrected chi connectivity index (χ4v) is 0.996. The van der Waals surface area contributed by atoms with Gasteiger partial charge in [-0.2, -0.15) is 0 Å². The molecule has 0 heterocycles. The molecule has 0 amide bonds. The molecule has 0 aromatic carbocycles. The molecular formula is C13H17NO2. The number of hydrogen-bond acceptors (Lipinski definition) is 2. The smallest absolute Gasteiger partial charge is 0.335 e. The van der Waals surface area contributed by atoms with Gasteiger partial charge in [-0.1, -0.05) is 26.2 Å². The number of carbonyl (C=O) groups is 1. The molecule has 0 atom stereocenters. The zero-order chi connectivity index (χ0) is 12.6. The average molecular weight is 219 g/mol. The second-order valence-electron chi connectivity index (χ2n) is 3.14. The van der Waals surface area contributed by atoms with Crippen LogP contribution in [0.1, 0.15) is 13.3 Å². The minimum atomic E-state index is -1.03. The fourth-order valence-electron chi connectivity index (χ4n) is 0.996. The average Bonchev–Trinajstić information content (AvgIpc) is 2.26. The van der Waals surface area contributed by atoms with Gasteiger partial charge in [-0.05, 0) is 29.7 Å². The van der Waals surface area contributed by atoms with Crippen molar-refractivity contribution in [2.75, 3.05) is 7.05 Å². The minimum Gasteiger partial charge on any atom is -0.478 e. The predicted octanol–water partition coefficient (Wildman–Crippen LogP) is 2.78. The molecule has 3 nitrogen and oxygen atoms in total. The van der Waals surface area contributed by atoms with Crippen LogP contribution in [-0.2, 0) is 4.79 Å². The highest BCUT2D eigenvalue weighted by Crippen LogP contribution is 2.13. The number of carboxylic acids is 1. The Bertz CT molecular complexity index is 373. The van der Waals surface area contributed by atoms with Crippen LogP contribution in [0.25, 0.3) is 0 Å². The monoisotopic (exact) mass is 219 g/mol. The molecule has 0 fully saturated rings. The van der Waals surface area contributed by atoms with E-state index in [0.29, 0.717) is 0 Å². The zero-order valence-corrected chi connectivity index (χ0v) is 9.73. The maximum Gasteiger partial charge on any atom is 0.335 e. The summed E-state index contributed by atoms with van der Waals surface area (Å²) in [6.45, 7) is 9.26. The van der Waals surface area contributed by atoms with Gasteiger partial charge in [0.05, 0.1) is 5.57 Å². The van der Waals surface area contributed by atoms with Crippen LogP contribution in [0.2, 0.25) is 0 Å². The molecule has 0 aliphatic rings. The molecule has 0 aromatic rings. The molecule has 0 saturated heterocycles. The third-order valence-electron chi connectivity index (χ3n) is 1.98. The Morgan fingerprint density at radius 2 is 1.88 bits per heavy atom. The number of hydrogen-bond donors (Lipinski definition) is 1. The molecule has 0 radical (unpaired) electrons. The molecule has 0 aliphatic carbocycles. The summed E-state index contributed by atoms with van der Waals surface area (Å²) in [5.41, 5.74) is 1.82. The van der Waals surface area contributed by atoms with Crippen LogP contribution in [0.3, 0.4) is 0 Å². The van der Waals surface area contributed by atoms with Crippen LogP contribution in [0, 0.1) is 0 Å². The summed E-state index contributed by atoms with van der Waals surface area (Å²) >= 11 is 0. The predicted molar refractivity (Wildman–Crippen MR) is 67.8 cm³/mol. The molecule has 0 saturated carbocycles. The first kappa shape index (κ1) is 14.1. The van der Waals surface area contributed by atoms with Gasteiger partial charge < -0.3 is 5.11 Å². The first-order chi connectivity index (χ1) is 7.52. The Hall–Kier alpha value is -1.90. The molecule has 0 unspecified atom stereocenters. The van der Waals surface area contributed by atoms with Crippen LogP contribution < -0.4 is 0 Å². The van der Waals surface area contributed by atoms with Crippen molar-refractivity contribution in [3.8, 4) is 0 Å². The number of carboxylic acid groups (broad SMARTS) is 1. The van der Waals surface area contributed by atoms with Gasteiger partial charge >= 0.3 is 5.97 Å². The summed E-state index contributed by atoms with van der Waals surface area (Å²) in [4.78, 5) is 14.4. The van der Waals surface area contributed by atoms with Crippen molar-refractivity contribution < 1.29 is 9.90 Å². The Morgan fingerprint density at radius 3 is 2.31 bits per heavy atom. The Morgan fingerprint density at radius 1 is 1.31 bits per heavy atom. The normalized spacial score (nSPS) is 12.2. The SMILES string of the molecule is C=C(/C=C\C(=C)/C(=C/C=NC)CC)C(=O)O. The Balaban J connectivity index is 4.67. The lowest BCUT2D eigenvalue weighted by Crippen LogP contribution is -1.95. The van der Waals surface area contributed by atoms with Crippen molar-refractivity contribution in [2.45, 2.75) is 13.3 Å². The van der Waals surface area contributed by atoms with E-state index in [-0.39, 0.29) is 5.57 Å². The molecule has 0 aromatic heterocycles. The van der Waals surface area contributed by atoms with Gasteiger partial charge in [-0.25, -0.2) is 4.79 Å². The molecule has 86 valence electrons. The second-order valence-corrected chi connectivity index (χ2v) is 3.14. The fraction of sp³-hybridized carbons (Fsp3) is 0.231. The van der Waals surface area contributed by atoms with E-state index in [2.05, 4.69) is 18.2 Å². The topological polar surface area (TPSA) is 49.7 Å². The first-order valence-corrected chi connectivity index (χ1v) is 4.93. The van der Waals surface area contributed by atoms with Crippen LogP contribution in [-0.4, -0.2) is 24.3 Å². The lowest BCUT2D eigenvalue weighted by molar-refractivity contribution is -0.132. The van der Waals surface area contributed by atoms with E-state index in [9.17, 15) is 4.79 Å². The van der Waals surface area contributed by atoms with Gasteiger partial charge in [0.25, 0.3) is 0 Å². The summed E-state index contributed by atoms with van der Waals surface area (Å²) in [6, 6.07) is 0. The van der Waals surface area contributed by atoms with E-state index in [1.807, 2.05) is 13.0 Å². The van der Waals surface area contributed by atoms with Crippen molar-refractivity contribution in [2.24, 2.45) is 4.99 Å². The molecule has 0 bridgehead atoms. The summed E-state index contributed by atoms with van der Waals surface area (Å²) in [5.74, 6) is -1.03. The van der Waals surface area contributed by atoms with Gasteiger partial charge in [0.2, 0.25) is 0 Å². The van der Waals surface area contributed by atoms with Gasteiger partial charge in [0.15, 0.2) is 0 Å². The lowest BCUT2D eigenvalue weighted by atomic mass is 10.0. The van der Waals surface area contributed by atoms with Crippen LogP contribution in [0.15, 0.2) is 53.1 Å². The van der Waals surface area contributed by atoms with Crippen LogP contribution in [0.5, 0.6) is 0 Å². The first-order valence-electron chi connectivity index (χ1n) is 4.93. The zero-order valence-electron chi connectivity index (χ0n) is 9.73. The molecule has 1 N–H and O–H groups in total. The quantitative estimate of drug-likeness (QED) is 0.424. The van der Waals surface area contributed by atoms with E-state index < -0.39 is 5.97 Å². The number of aliphatic carboxylic acids is 1. The summed E-state index contributed by atoms with van der Waals surface area (Å²) in [7, 11) is 1.69. The molecule has 0 aliphatic heterocycles. The summed E-state index contributed by atoms with van der Waals surface area (Å²) in [6.07, 6.45) is 7.45. The van der Waals surface area contributed by atoms with Crippen molar-refractivity contribution in [3.63, 3.8) is 0 Å². The Kier molecular flexibility index (Phi) is 6.52. The highest BCUT2D eigenvalue weighted by Gasteiger charge is 2.00. The van der Waals surface area contributed by atoms with Gasteiger partial charge in [-0.15, -0.1) is 0 Å². The Labute approximate surface area is 96.2 Å². The summed E-state index contributed by atoms with van der Waals surface area (Å²) in [5, 5.41) is 8.62. The van der Waals surface area contributed by atoms with Crippen LogP contribution >= 0.6 is 0 Å². The van der Waals surface area contributed by atoms with Gasteiger partial charge in [0, 0.05) is 13.3 Å². The number of allylic oxidation sites excluding steroid dienone is 4. The second kappa shape index (κ2) is 7.40. The highest BCUT2D eigenvalue weighted by atomic mass is 16.4. The van der Waals surface area contributed by atoms with E-state index in [1.54, 1.807) is 19.3 Å².